The van der Waals surface area contributed by atoms with Crippen LogP contribution in [0.3, 0.4) is 0 Å². The van der Waals surface area contributed by atoms with E-state index < -0.39 is 0 Å². The Kier molecular flexibility index (Phi) is 6.36. The third-order valence-electron chi connectivity index (χ3n) is 3.10. The van der Waals surface area contributed by atoms with Gasteiger partial charge in [-0.15, -0.1) is 0 Å². The molecular formula is C14H23N3O. The number of aromatic nitrogens is 1. The maximum Gasteiger partial charge on any atom is 0.234 e. The van der Waals surface area contributed by atoms with Crippen molar-refractivity contribution >= 4 is 5.91 Å². The van der Waals surface area contributed by atoms with Crippen molar-refractivity contribution in [2.45, 2.75) is 32.7 Å². The topological polar surface area (TPSA) is 45.2 Å². The van der Waals surface area contributed by atoms with E-state index in [-0.39, 0.29) is 11.9 Å². The fourth-order valence-corrected chi connectivity index (χ4v) is 1.72. The Morgan fingerprint density at radius 3 is 2.72 bits per heavy atom. The van der Waals surface area contributed by atoms with Crippen LogP contribution in [0.1, 0.15) is 38.3 Å². The summed E-state index contributed by atoms with van der Waals surface area (Å²) in [6.45, 7) is 5.40. The first kappa shape index (κ1) is 14.6. The molecule has 0 fully saturated rings. The number of likely N-dealkylation sites (N-methyl/N-ethyl adjacent to an activating group) is 1. The molecule has 1 heterocycles. The Morgan fingerprint density at radius 1 is 1.44 bits per heavy atom. The molecule has 0 aliphatic carbocycles. The number of hydrogen-bond donors (Lipinski definition) is 1. The van der Waals surface area contributed by atoms with Crippen LogP contribution in [0.2, 0.25) is 0 Å². The summed E-state index contributed by atoms with van der Waals surface area (Å²) in [6.07, 6.45) is 5.70. The van der Waals surface area contributed by atoms with Gasteiger partial charge in [0, 0.05) is 25.0 Å². The van der Waals surface area contributed by atoms with Gasteiger partial charge in [0.1, 0.15) is 0 Å². The van der Waals surface area contributed by atoms with E-state index in [0.29, 0.717) is 6.54 Å². The number of pyridine rings is 1. The standard InChI is InChI=1S/C14H23N3O/c1-4-5-8-16-14(18)11-17(3)12(2)13-6-9-15-10-7-13/h6-7,9-10,12H,4-5,8,11H2,1-3H3,(H,16,18). The van der Waals surface area contributed by atoms with Crippen molar-refractivity contribution in [3.05, 3.63) is 30.1 Å². The lowest BCUT2D eigenvalue weighted by Crippen LogP contribution is -2.36. The minimum Gasteiger partial charge on any atom is -0.355 e. The first-order valence-electron chi connectivity index (χ1n) is 6.52. The van der Waals surface area contributed by atoms with Gasteiger partial charge in [0.2, 0.25) is 5.91 Å². The van der Waals surface area contributed by atoms with E-state index in [9.17, 15) is 4.79 Å². The maximum atomic E-state index is 11.7. The predicted octanol–water partition coefficient (Wildman–Crippen LogP) is 1.99. The minimum absolute atomic E-state index is 0.0897. The maximum absolute atomic E-state index is 11.7. The van der Waals surface area contributed by atoms with Crippen LogP contribution in [-0.4, -0.2) is 35.9 Å². The van der Waals surface area contributed by atoms with Gasteiger partial charge in [0.05, 0.1) is 6.54 Å². The third-order valence-corrected chi connectivity index (χ3v) is 3.10. The van der Waals surface area contributed by atoms with Gasteiger partial charge in [-0.1, -0.05) is 13.3 Å². The van der Waals surface area contributed by atoms with Crippen LogP contribution >= 0.6 is 0 Å². The highest BCUT2D eigenvalue weighted by atomic mass is 16.2. The second-order valence-electron chi connectivity index (χ2n) is 4.58. The van der Waals surface area contributed by atoms with E-state index in [4.69, 9.17) is 0 Å². The smallest absolute Gasteiger partial charge is 0.234 e. The number of carbonyl (C=O) groups is 1. The van der Waals surface area contributed by atoms with E-state index in [1.54, 1.807) is 12.4 Å². The number of amides is 1. The van der Waals surface area contributed by atoms with Crippen LogP contribution in [0.15, 0.2) is 24.5 Å². The summed E-state index contributed by atoms with van der Waals surface area (Å²) in [5.41, 5.74) is 1.17. The zero-order valence-corrected chi connectivity index (χ0v) is 11.5. The molecule has 0 aliphatic rings. The van der Waals surface area contributed by atoms with Crippen molar-refractivity contribution in [2.24, 2.45) is 0 Å². The van der Waals surface area contributed by atoms with Gasteiger partial charge in [-0.05, 0) is 38.1 Å². The molecule has 0 saturated carbocycles. The molecule has 18 heavy (non-hydrogen) atoms. The van der Waals surface area contributed by atoms with Gasteiger partial charge in [0.15, 0.2) is 0 Å². The third kappa shape index (κ3) is 4.84. The first-order valence-corrected chi connectivity index (χ1v) is 6.52. The summed E-state index contributed by atoms with van der Waals surface area (Å²) in [5.74, 6) is 0.0897. The van der Waals surface area contributed by atoms with Gasteiger partial charge in [-0.3, -0.25) is 14.7 Å². The average molecular weight is 249 g/mol. The molecule has 0 aromatic carbocycles. The lowest BCUT2D eigenvalue weighted by Gasteiger charge is -2.24. The zero-order chi connectivity index (χ0) is 13.4. The summed E-state index contributed by atoms with van der Waals surface area (Å²) in [5, 5.41) is 2.93. The highest BCUT2D eigenvalue weighted by molar-refractivity contribution is 5.77. The molecule has 1 unspecified atom stereocenters. The van der Waals surface area contributed by atoms with Gasteiger partial charge < -0.3 is 5.32 Å². The number of unbranched alkanes of at least 4 members (excludes halogenated alkanes) is 1. The molecule has 1 rings (SSSR count). The molecule has 0 spiro atoms. The normalized spacial score (nSPS) is 12.4. The van der Waals surface area contributed by atoms with Crippen molar-refractivity contribution in [1.29, 1.82) is 0 Å². The summed E-state index contributed by atoms with van der Waals surface area (Å²) >= 11 is 0. The molecule has 1 amide bonds. The highest BCUT2D eigenvalue weighted by Gasteiger charge is 2.14. The lowest BCUT2D eigenvalue weighted by molar-refractivity contribution is -0.122. The van der Waals surface area contributed by atoms with Gasteiger partial charge in [-0.25, -0.2) is 0 Å². The Hall–Kier alpha value is -1.42. The van der Waals surface area contributed by atoms with E-state index in [2.05, 4.69) is 24.1 Å². The van der Waals surface area contributed by atoms with Crippen molar-refractivity contribution in [3.8, 4) is 0 Å². The van der Waals surface area contributed by atoms with Crippen LogP contribution in [0, 0.1) is 0 Å². The average Bonchev–Trinajstić information content (AvgIpc) is 2.39. The Balaban J connectivity index is 2.40. The molecule has 4 heteroatoms. The van der Waals surface area contributed by atoms with Crippen LogP contribution in [-0.2, 0) is 4.79 Å². The van der Waals surface area contributed by atoms with E-state index >= 15 is 0 Å². The first-order chi connectivity index (χ1) is 8.65. The summed E-state index contributed by atoms with van der Waals surface area (Å²) in [7, 11) is 1.96. The Bertz CT molecular complexity index is 353. The largest absolute Gasteiger partial charge is 0.355 e. The number of rotatable bonds is 7. The highest BCUT2D eigenvalue weighted by Crippen LogP contribution is 2.16. The number of nitrogens with one attached hydrogen (secondary N) is 1. The Morgan fingerprint density at radius 2 is 2.11 bits per heavy atom. The predicted molar refractivity (Wildman–Crippen MR) is 73.2 cm³/mol. The lowest BCUT2D eigenvalue weighted by atomic mass is 10.1. The molecule has 0 saturated heterocycles. The van der Waals surface area contributed by atoms with E-state index in [0.717, 1.165) is 19.4 Å². The molecule has 0 bridgehead atoms. The molecule has 1 aromatic heterocycles. The minimum atomic E-state index is 0.0897. The van der Waals surface area contributed by atoms with Crippen LogP contribution in [0.5, 0.6) is 0 Å². The number of carbonyl (C=O) groups excluding carboxylic acids is 1. The van der Waals surface area contributed by atoms with Crippen molar-refractivity contribution in [2.75, 3.05) is 20.1 Å². The molecule has 0 aliphatic heterocycles. The number of hydrogen-bond acceptors (Lipinski definition) is 3. The fourth-order valence-electron chi connectivity index (χ4n) is 1.72. The van der Waals surface area contributed by atoms with Gasteiger partial charge in [-0.2, -0.15) is 0 Å². The second kappa shape index (κ2) is 7.82. The monoisotopic (exact) mass is 249 g/mol. The van der Waals surface area contributed by atoms with Crippen molar-refractivity contribution in [1.82, 2.24) is 15.2 Å². The second-order valence-corrected chi connectivity index (χ2v) is 4.58. The molecule has 1 atom stereocenters. The molecule has 4 nitrogen and oxygen atoms in total. The summed E-state index contributed by atoms with van der Waals surface area (Å²) in [6, 6.07) is 4.18. The van der Waals surface area contributed by atoms with Crippen LogP contribution < -0.4 is 5.32 Å². The molecular weight excluding hydrogens is 226 g/mol. The molecule has 0 radical (unpaired) electrons. The van der Waals surface area contributed by atoms with E-state index in [1.807, 2.05) is 24.1 Å². The van der Waals surface area contributed by atoms with Crippen molar-refractivity contribution < 1.29 is 4.79 Å². The Labute approximate surface area is 109 Å². The SMILES string of the molecule is CCCCNC(=O)CN(C)C(C)c1ccncc1. The van der Waals surface area contributed by atoms with Crippen LogP contribution in [0.4, 0.5) is 0 Å². The van der Waals surface area contributed by atoms with Crippen LogP contribution in [0.25, 0.3) is 0 Å². The van der Waals surface area contributed by atoms with Crippen molar-refractivity contribution in [3.63, 3.8) is 0 Å². The number of nitrogens with zero attached hydrogens (tertiary/aromatic N) is 2. The zero-order valence-electron chi connectivity index (χ0n) is 11.5. The fraction of sp³-hybridized carbons (Fsp3) is 0.571. The molecule has 100 valence electrons. The molecule has 1 aromatic rings. The summed E-state index contributed by atoms with van der Waals surface area (Å²) in [4.78, 5) is 17.7. The quantitative estimate of drug-likeness (QED) is 0.752. The molecule has 1 N–H and O–H groups in total. The summed E-state index contributed by atoms with van der Waals surface area (Å²) < 4.78 is 0. The van der Waals surface area contributed by atoms with Gasteiger partial charge in [0.25, 0.3) is 0 Å². The van der Waals surface area contributed by atoms with Gasteiger partial charge >= 0.3 is 0 Å². The van der Waals surface area contributed by atoms with E-state index in [1.165, 1.54) is 5.56 Å².